The third-order valence-electron chi connectivity index (χ3n) is 3.88. The summed E-state index contributed by atoms with van der Waals surface area (Å²) in [6.07, 6.45) is 1.93. The minimum absolute atomic E-state index is 0.00105. The maximum atomic E-state index is 12.3. The van der Waals surface area contributed by atoms with E-state index in [1.54, 1.807) is 25.1 Å². The number of Topliss-reactive ketones (excluding diaryl/α,β-unsaturated/α-hetero) is 1. The number of thiophene rings is 1. The van der Waals surface area contributed by atoms with Crippen LogP contribution in [0.4, 0.5) is 0 Å². The van der Waals surface area contributed by atoms with Crippen LogP contribution in [0.5, 0.6) is 0 Å². The highest BCUT2D eigenvalue weighted by Crippen LogP contribution is 2.22. The molecule has 2 amide bonds. The Morgan fingerprint density at radius 2 is 2.00 bits per heavy atom. The first-order valence-electron chi connectivity index (χ1n) is 7.50. The lowest BCUT2D eigenvalue weighted by Crippen LogP contribution is -2.45. The van der Waals surface area contributed by atoms with E-state index in [4.69, 9.17) is 0 Å². The van der Waals surface area contributed by atoms with Crippen LogP contribution in [0.2, 0.25) is 0 Å². The molecule has 1 aromatic heterocycles. The molecule has 0 saturated carbocycles. The third kappa shape index (κ3) is 3.74. The van der Waals surface area contributed by atoms with E-state index < -0.39 is 0 Å². The van der Waals surface area contributed by atoms with Gasteiger partial charge in [0.25, 0.3) is 0 Å². The molecule has 1 aromatic rings. The topological polar surface area (TPSA) is 57.7 Å². The standard InChI is InChI=1S/C16H22N2O3S/c1-11-6-8-14(22-11)13(19)7-9-15(20)18-10-4-5-12(18)16(21)17(2)3/h6,8,12H,4-5,7,9-10H2,1-3H3. The number of carbonyl (C=O) groups is 3. The Morgan fingerprint density at radius 3 is 2.59 bits per heavy atom. The molecule has 0 spiro atoms. The summed E-state index contributed by atoms with van der Waals surface area (Å²) in [5.74, 6) is -0.133. The number of nitrogens with zero attached hydrogens (tertiary/aromatic N) is 2. The van der Waals surface area contributed by atoms with E-state index in [1.165, 1.54) is 16.2 Å². The van der Waals surface area contributed by atoms with Gasteiger partial charge in [0.2, 0.25) is 11.8 Å². The van der Waals surface area contributed by atoms with E-state index in [2.05, 4.69) is 0 Å². The van der Waals surface area contributed by atoms with E-state index in [-0.39, 0.29) is 36.5 Å². The molecule has 5 nitrogen and oxygen atoms in total. The van der Waals surface area contributed by atoms with E-state index >= 15 is 0 Å². The van der Waals surface area contributed by atoms with Gasteiger partial charge in [0, 0.05) is 38.4 Å². The minimum atomic E-state index is -0.360. The first kappa shape index (κ1) is 16.7. The maximum absolute atomic E-state index is 12.3. The fourth-order valence-corrected chi connectivity index (χ4v) is 3.53. The summed E-state index contributed by atoms with van der Waals surface area (Å²) in [4.78, 5) is 41.4. The van der Waals surface area contributed by atoms with E-state index in [0.717, 1.165) is 11.3 Å². The number of hydrogen-bond donors (Lipinski definition) is 0. The molecule has 0 aliphatic carbocycles. The second-order valence-electron chi connectivity index (χ2n) is 5.81. The molecule has 1 saturated heterocycles. The molecule has 2 rings (SSSR count). The van der Waals surface area contributed by atoms with E-state index in [9.17, 15) is 14.4 Å². The fraction of sp³-hybridized carbons (Fsp3) is 0.562. The minimum Gasteiger partial charge on any atom is -0.347 e. The summed E-state index contributed by atoms with van der Waals surface area (Å²) in [5.41, 5.74) is 0. The number of hydrogen-bond acceptors (Lipinski definition) is 4. The Kier molecular flexibility index (Phi) is 5.34. The highest BCUT2D eigenvalue weighted by molar-refractivity contribution is 7.14. The zero-order valence-electron chi connectivity index (χ0n) is 13.3. The van der Waals surface area contributed by atoms with Gasteiger partial charge in [-0.15, -0.1) is 11.3 Å². The summed E-state index contributed by atoms with van der Waals surface area (Å²) in [7, 11) is 3.40. The largest absolute Gasteiger partial charge is 0.347 e. The van der Waals surface area contributed by atoms with Crippen LogP contribution in [0.25, 0.3) is 0 Å². The molecule has 2 heterocycles. The fourth-order valence-electron chi connectivity index (χ4n) is 2.69. The van der Waals surface area contributed by atoms with Crippen LogP contribution >= 0.6 is 11.3 Å². The Labute approximate surface area is 134 Å². The number of ketones is 1. The predicted octanol–water partition coefficient (Wildman–Crippen LogP) is 2.10. The molecule has 1 aliphatic rings. The molecule has 0 bridgehead atoms. The van der Waals surface area contributed by atoms with Gasteiger partial charge in [-0.2, -0.15) is 0 Å². The summed E-state index contributed by atoms with van der Waals surface area (Å²) < 4.78 is 0. The second kappa shape index (κ2) is 7.05. The summed E-state index contributed by atoms with van der Waals surface area (Å²) in [6, 6.07) is 3.36. The van der Waals surface area contributed by atoms with Crippen molar-refractivity contribution >= 4 is 28.9 Å². The Hall–Kier alpha value is -1.69. The van der Waals surface area contributed by atoms with Gasteiger partial charge < -0.3 is 9.80 Å². The van der Waals surface area contributed by atoms with Gasteiger partial charge in [-0.1, -0.05) is 0 Å². The van der Waals surface area contributed by atoms with Gasteiger partial charge in [0.1, 0.15) is 6.04 Å². The molecule has 0 aromatic carbocycles. The monoisotopic (exact) mass is 322 g/mol. The number of carbonyl (C=O) groups excluding carboxylic acids is 3. The Balaban J connectivity index is 1.91. The smallest absolute Gasteiger partial charge is 0.244 e. The molecule has 120 valence electrons. The summed E-state index contributed by atoms with van der Waals surface area (Å²) in [5, 5.41) is 0. The van der Waals surface area contributed by atoms with Crippen molar-refractivity contribution in [1.82, 2.24) is 9.80 Å². The van der Waals surface area contributed by atoms with E-state index in [0.29, 0.717) is 17.8 Å². The third-order valence-corrected chi connectivity index (χ3v) is 4.92. The van der Waals surface area contributed by atoms with Crippen molar-refractivity contribution in [2.24, 2.45) is 0 Å². The highest BCUT2D eigenvalue weighted by atomic mass is 32.1. The van der Waals surface area contributed by atoms with Crippen molar-refractivity contribution < 1.29 is 14.4 Å². The molecule has 1 atom stereocenters. The first-order chi connectivity index (χ1) is 10.4. The average molecular weight is 322 g/mol. The molecule has 22 heavy (non-hydrogen) atoms. The normalized spacial score (nSPS) is 17.6. The lowest BCUT2D eigenvalue weighted by Gasteiger charge is -2.26. The number of likely N-dealkylation sites (N-methyl/N-ethyl adjacent to an activating group) is 1. The first-order valence-corrected chi connectivity index (χ1v) is 8.32. The van der Waals surface area contributed by atoms with Crippen LogP contribution in [0, 0.1) is 6.92 Å². The van der Waals surface area contributed by atoms with Crippen LogP contribution < -0.4 is 0 Å². The van der Waals surface area contributed by atoms with Crippen LogP contribution in [-0.2, 0) is 9.59 Å². The van der Waals surface area contributed by atoms with Gasteiger partial charge in [-0.3, -0.25) is 14.4 Å². The number of aryl methyl sites for hydroxylation is 1. The van der Waals surface area contributed by atoms with Gasteiger partial charge in [-0.25, -0.2) is 0 Å². The Bertz CT molecular complexity index is 580. The van der Waals surface area contributed by atoms with Crippen molar-refractivity contribution in [3.05, 3.63) is 21.9 Å². The summed E-state index contributed by atoms with van der Waals surface area (Å²) in [6.45, 7) is 2.56. The zero-order chi connectivity index (χ0) is 16.3. The lowest BCUT2D eigenvalue weighted by atomic mass is 10.1. The van der Waals surface area contributed by atoms with Crippen molar-refractivity contribution in [1.29, 1.82) is 0 Å². The Morgan fingerprint density at radius 1 is 1.27 bits per heavy atom. The molecule has 1 unspecified atom stereocenters. The molecular formula is C16H22N2O3S. The van der Waals surface area contributed by atoms with E-state index in [1.807, 2.05) is 13.0 Å². The van der Waals surface area contributed by atoms with Crippen molar-refractivity contribution in [2.75, 3.05) is 20.6 Å². The molecule has 1 fully saturated rings. The van der Waals surface area contributed by atoms with Crippen LogP contribution in [-0.4, -0.2) is 54.1 Å². The van der Waals surface area contributed by atoms with Gasteiger partial charge in [0.05, 0.1) is 4.88 Å². The number of rotatable bonds is 5. The van der Waals surface area contributed by atoms with Crippen LogP contribution in [0.1, 0.15) is 40.2 Å². The number of amides is 2. The maximum Gasteiger partial charge on any atom is 0.244 e. The zero-order valence-corrected chi connectivity index (χ0v) is 14.1. The predicted molar refractivity (Wildman–Crippen MR) is 86.0 cm³/mol. The van der Waals surface area contributed by atoms with Crippen LogP contribution in [0.3, 0.4) is 0 Å². The molecular weight excluding hydrogens is 300 g/mol. The van der Waals surface area contributed by atoms with Crippen molar-refractivity contribution in [3.63, 3.8) is 0 Å². The highest BCUT2D eigenvalue weighted by Gasteiger charge is 2.34. The second-order valence-corrected chi connectivity index (χ2v) is 7.10. The summed E-state index contributed by atoms with van der Waals surface area (Å²) >= 11 is 1.45. The number of likely N-dealkylation sites (tertiary alicyclic amines) is 1. The quantitative estimate of drug-likeness (QED) is 0.780. The average Bonchev–Trinajstić information content (AvgIpc) is 3.12. The van der Waals surface area contributed by atoms with Crippen LogP contribution in [0.15, 0.2) is 12.1 Å². The molecule has 0 N–H and O–H groups in total. The molecule has 6 heteroatoms. The van der Waals surface area contributed by atoms with Gasteiger partial charge >= 0.3 is 0 Å². The van der Waals surface area contributed by atoms with Gasteiger partial charge in [0.15, 0.2) is 5.78 Å². The van der Waals surface area contributed by atoms with Crippen molar-refractivity contribution in [2.45, 2.75) is 38.6 Å². The molecule has 1 aliphatic heterocycles. The lowest BCUT2D eigenvalue weighted by molar-refractivity contribution is -0.142. The SMILES string of the molecule is Cc1ccc(C(=O)CCC(=O)N2CCCC2C(=O)N(C)C)s1. The molecule has 0 radical (unpaired) electrons. The van der Waals surface area contributed by atoms with Crippen molar-refractivity contribution in [3.8, 4) is 0 Å². The van der Waals surface area contributed by atoms with Gasteiger partial charge in [-0.05, 0) is 31.9 Å².